The Hall–Kier alpha value is -2.19. The van der Waals surface area contributed by atoms with E-state index in [-0.39, 0.29) is 47.2 Å². The maximum atomic E-state index is 13.3. The number of Topliss-reactive ketones (excluding diaryl/α,β-unsaturated/α-hetero) is 1. The molecule has 11 atom stereocenters. The van der Waals surface area contributed by atoms with Gasteiger partial charge in [-0.2, -0.15) is 0 Å². The van der Waals surface area contributed by atoms with Crippen molar-refractivity contribution in [3.8, 4) is 0 Å². The highest BCUT2D eigenvalue weighted by Gasteiger charge is 2.90. The summed E-state index contributed by atoms with van der Waals surface area (Å²) in [6.45, 7) is 12.0. The molecule has 3 aliphatic heterocycles. The maximum Gasteiger partial charge on any atom is 0.339 e. The average Bonchev–Trinajstić information content (AvgIpc) is 3.71. The molecule has 3 aliphatic carbocycles. The number of ketones is 1. The molecular weight excluding hydrogens is 464 g/mol. The van der Waals surface area contributed by atoms with Crippen LogP contribution in [-0.2, 0) is 33.3 Å². The largest absolute Gasteiger partial charge is 0.472 e. The van der Waals surface area contributed by atoms with E-state index in [9.17, 15) is 14.4 Å². The molecular formula is C28H34O8. The third-order valence-corrected chi connectivity index (χ3v) is 11.6. The Morgan fingerprint density at radius 1 is 1.08 bits per heavy atom. The number of ether oxygens (including phenoxy) is 4. The van der Waals surface area contributed by atoms with E-state index in [0.29, 0.717) is 6.42 Å². The topological polar surface area (TPSA) is 108 Å². The van der Waals surface area contributed by atoms with E-state index in [1.54, 1.807) is 12.5 Å². The second kappa shape index (κ2) is 6.44. The summed E-state index contributed by atoms with van der Waals surface area (Å²) in [7, 11) is 0. The summed E-state index contributed by atoms with van der Waals surface area (Å²) >= 11 is 0. The highest BCUT2D eigenvalue weighted by molar-refractivity contribution is 5.93. The first-order chi connectivity index (χ1) is 16.8. The first kappa shape index (κ1) is 23.0. The molecule has 1 aromatic rings. The number of epoxide rings is 2. The second-order valence-electron chi connectivity index (χ2n) is 13.2. The Labute approximate surface area is 210 Å². The van der Waals surface area contributed by atoms with Gasteiger partial charge in [0.15, 0.2) is 11.9 Å². The van der Waals surface area contributed by atoms with Crippen LogP contribution >= 0.6 is 0 Å². The molecule has 0 amide bonds. The molecule has 1 aromatic heterocycles. The Morgan fingerprint density at radius 3 is 2.50 bits per heavy atom. The van der Waals surface area contributed by atoms with Crippen molar-refractivity contribution in [2.45, 2.75) is 96.9 Å². The summed E-state index contributed by atoms with van der Waals surface area (Å²) in [5, 5.41) is 0. The fourth-order valence-corrected chi connectivity index (χ4v) is 10.0. The molecule has 3 saturated heterocycles. The lowest BCUT2D eigenvalue weighted by Gasteiger charge is -2.69. The zero-order valence-corrected chi connectivity index (χ0v) is 21.7. The first-order valence-corrected chi connectivity index (χ1v) is 13.1. The van der Waals surface area contributed by atoms with Crippen LogP contribution in [0.4, 0.5) is 0 Å². The van der Waals surface area contributed by atoms with Crippen molar-refractivity contribution in [1.29, 1.82) is 0 Å². The molecule has 8 nitrogen and oxygen atoms in total. The molecule has 1 spiro atoms. The van der Waals surface area contributed by atoms with Crippen LogP contribution in [0, 0.1) is 33.5 Å². The van der Waals surface area contributed by atoms with E-state index >= 15 is 0 Å². The van der Waals surface area contributed by atoms with Gasteiger partial charge in [-0.25, -0.2) is 4.79 Å². The van der Waals surface area contributed by atoms with Crippen molar-refractivity contribution in [3.05, 3.63) is 24.2 Å². The number of hydrogen-bond donors (Lipinski definition) is 0. The minimum atomic E-state index is -0.871. The van der Waals surface area contributed by atoms with Crippen molar-refractivity contribution in [1.82, 2.24) is 0 Å². The predicted molar refractivity (Wildman–Crippen MR) is 123 cm³/mol. The van der Waals surface area contributed by atoms with Crippen LogP contribution in [0.1, 0.15) is 72.5 Å². The lowest BCUT2D eigenvalue weighted by Crippen LogP contribution is -2.74. The molecule has 6 aliphatic rings. The Bertz CT molecular complexity index is 1190. The molecule has 0 N–H and O–H groups in total. The lowest BCUT2D eigenvalue weighted by atomic mass is 9.35. The predicted octanol–water partition coefficient (Wildman–Crippen LogP) is 3.77. The number of furan rings is 1. The zero-order valence-electron chi connectivity index (χ0n) is 21.7. The quantitative estimate of drug-likeness (QED) is 0.448. The molecule has 0 unspecified atom stereocenters. The smallest absolute Gasteiger partial charge is 0.339 e. The van der Waals surface area contributed by atoms with Crippen molar-refractivity contribution in [2.24, 2.45) is 33.5 Å². The summed E-state index contributed by atoms with van der Waals surface area (Å²) < 4.78 is 30.2. The van der Waals surface area contributed by atoms with Crippen molar-refractivity contribution in [3.63, 3.8) is 0 Å². The third-order valence-electron chi connectivity index (χ3n) is 11.6. The van der Waals surface area contributed by atoms with E-state index in [0.717, 1.165) is 18.4 Å². The van der Waals surface area contributed by atoms with Crippen LogP contribution in [0.15, 0.2) is 23.0 Å². The summed E-state index contributed by atoms with van der Waals surface area (Å²) in [6, 6.07) is 1.84. The van der Waals surface area contributed by atoms with Crippen molar-refractivity contribution >= 4 is 17.7 Å². The van der Waals surface area contributed by atoms with Gasteiger partial charge in [0, 0.05) is 34.1 Å². The molecule has 6 fully saturated rings. The summed E-state index contributed by atoms with van der Waals surface area (Å²) in [5.41, 5.74) is -2.24. The van der Waals surface area contributed by atoms with E-state index in [1.807, 2.05) is 19.9 Å². The summed E-state index contributed by atoms with van der Waals surface area (Å²) in [4.78, 5) is 39.1. The van der Waals surface area contributed by atoms with Crippen LogP contribution in [0.2, 0.25) is 0 Å². The van der Waals surface area contributed by atoms with Gasteiger partial charge >= 0.3 is 11.9 Å². The zero-order chi connectivity index (χ0) is 25.6. The molecule has 0 radical (unpaired) electrons. The Balaban J connectivity index is 1.42. The van der Waals surface area contributed by atoms with Gasteiger partial charge in [0.05, 0.1) is 18.6 Å². The molecule has 36 heavy (non-hydrogen) atoms. The standard InChI is InChI=1S/C28H34O8/c1-13(29)33-17-11-16-24(2,3)19(30)18-21(34-18)26(16,5)15-7-9-25(4)20(14-8-10-32-12-14)35-23(31)22-28(25,36-22)27(15,17)6/h8,10,12,15-18,20-22H,7,9,11H2,1-6H3/t15-,16-,17+,18-,20-,21+,22+,25+,26-,27-,28-/m0/s1. The van der Waals surface area contributed by atoms with Crippen LogP contribution in [0.3, 0.4) is 0 Å². The second-order valence-corrected chi connectivity index (χ2v) is 13.2. The van der Waals surface area contributed by atoms with Crippen molar-refractivity contribution < 1.29 is 37.7 Å². The number of cyclic esters (lactones) is 1. The number of esters is 2. The fraction of sp³-hybridized carbons (Fsp3) is 0.750. The number of rotatable bonds is 2. The van der Waals surface area contributed by atoms with E-state index in [4.69, 9.17) is 23.4 Å². The third kappa shape index (κ3) is 2.25. The van der Waals surface area contributed by atoms with Gasteiger partial charge in [0.1, 0.15) is 23.9 Å². The molecule has 3 saturated carbocycles. The van der Waals surface area contributed by atoms with Gasteiger partial charge in [-0.1, -0.05) is 34.6 Å². The van der Waals surface area contributed by atoms with E-state index in [2.05, 4.69) is 20.8 Å². The summed E-state index contributed by atoms with van der Waals surface area (Å²) in [6.07, 6.45) is 3.01. The number of fused-ring (bicyclic) bond motifs is 5. The molecule has 7 rings (SSSR count). The number of carbonyl (C=O) groups excluding carboxylic acids is 3. The highest BCUT2D eigenvalue weighted by Crippen LogP contribution is 2.81. The van der Waals surface area contributed by atoms with Crippen LogP contribution in [0.5, 0.6) is 0 Å². The molecule has 4 heterocycles. The monoisotopic (exact) mass is 498 g/mol. The SMILES string of the molecule is CC(=O)O[C@@H]1C[C@H]2C(C)(C)C(=O)[C@@H]3O[C@H]3[C@@]2(C)[C@@H]2CC[C@]3(C)[C@H](c4ccoc4)OC(=O)[C@H]4O[C@@]43[C@]12C. The number of carbonyl (C=O) groups is 3. The fourth-order valence-electron chi connectivity index (χ4n) is 10.0. The Morgan fingerprint density at radius 2 is 1.83 bits per heavy atom. The van der Waals surface area contributed by atoms with E-state index in [1.165, 1.54) is 6.92 Å². The van der Waals surface area contributed by atoms with Gasteiger partial charge in [0.25, 0.3) is 0 Å². The molecule has 0 aromatic carbocycles. The van der Waals surface area contributed by atoms with Gasteiger partial charge in [-0.3, -0.25) is 9.59 Å². The lowest BCUT2D eigenvalue weighted by molar-refractivity contribution is -0.263. The normalized spacial score (nSPS) is 53.6. The minimum Gasteiger partial charge on any atom is -0.472 e. The molecule has 8 heteroatoms. The molecule has 0 bridgehead atoms. The first-order valence-electron chi connectivity index (χ1n) is 13.1. The summed E-state index contributed by atoms with van der Waals surface area (Å²) in [5.74, 6) is -0.615. The average molecular weight is 499 g/mol. The maximum absolute atomic E-state index is 13.3. The van der Waals surface area contributed by atoms with Crippen LogP contribution in [-0.4, -0.2) is 47.7 Å². The molecule has 194 valence electrons. The van der Waals surface area contributed by atoms with Gasteiger partial charge in [-0.05, 0) is 37.2 Å². The van der Waals surface area contributed by atoms with Gasteiger partial charge in [0.2, 0.25) is 0 Å². The van der Waals surface area contributed by atoms with Crippen LogP contribution in [0.25, 0.3) is 0 Å². The van der Waals surface area contributed by atoms with Gasteiger partial charge in [-0.15, -0.1) is 0 Å². The Kier molecular flexibility index (Phi) is 4.11. The van der Waals surface area contributed by atoms with Gasteiger partial charge < -0.3 is 23.4 Å². The minimum absolute atomic E-state index is 0.0180. The number of hydrogen-bond acceptors (Lipinski definition) is 8. The van der Waals surface area contributed by atoms with Crippen molar-refractivity contribution in [2.75, 3.05) is 0 Å². The van der Waals surface area contributed by atoms with E-state index < -0.39 is 40.2 Å². The highest BCUT2D eigenvalue weighted by atomic mass is 16.7. The van der Waals surface area contributed by atoms with Crippen LogP contribution < -0.4 is 0 Å².